The Labute approximate surface area is 208 Å². The highest BCUT2D eigenvalue weighted by Crippen LogP contribution is 2.31. The quantitative estimate of drug-likeness (QED) is 0.425. The van der Waals surface area contributed by atoms with Crippen LogP contribution in [0.1, 0.15) is 30.7 Å². The van der Waals surface area contributed by atoms with Crippen molar-refractivity contribution in [2.75, 3.05) is 50.7 Å². The fraction of sp³-hybridized carbons (Fsp3) is 0.480. The molecular formula is C25H30N8OS. The Morgan fingerprint density at radius 3 is 2.83 bits per heavy atom. The van der Waals surface area contributed by atoms with Gasteiger partial charge in [-0.1, -0.05) is 24.3 Å². The van der Waals surface area contributed by atoms with Gasteiger partial charge in [0.1, 0.15) is 22.5 Å². The standard InChI is InChI=1S/C25H30N8OS/c1-2-19-14-20-24(26-17-27-25(20)35-19)32-12-10-31(11-13-32)23(34)16-30-9-5-6-18(15-30)33-22-8-4-3-7-21(22)28-29-33/h3-4,7-8,14,17-18H,2,5-6,9-13,15-16H2,1H3. The minimum absolute atomic E-state index is 0.213. The van der Waals surface area contributed by atoms with Gasteiger partial charge < -0.3 is 9.80 Å². The largest absolute Gasteiger partial charge is 0.352 e. The minimum atomic E-state index is 0.213. The van der Waals surface area contributed by atoms with Gasteiger partial charge in [0, 0.05) is 37.6 Å². The summed E-state index contributed by atoms with van der Waals surface area (Å²) in [7, 11) is 0. The van der Waals surface area contributed by atoms with E-state index in [0.29, 0.717) is 6.54 Å². The second kappa shape index (κ2) is 9.50. The van der Waals surface area contributed by atoms with Gasteiger partial charge in [0.25, 0.3) is 0 Å². The van der Waals surface area contributed by atoms with Crippen molar-refractivity contribution in [1.82, 2.24) is 34.8 Å². The van der Waals surface area contributed by atoms with E-state index in [1.165, 1.54) is 4.88 Å². The highest BCUT2D eigenvalue weighted by atomic mass is 32.1. The topological polar surface area (TPSA) is 83.3 Å². The number of aromatic nitrogens is 5. The third-order valence-electron chi connectivity index (χ3n) is 7.20. The number of piperidine rings is 1. The van der Waals surface area contributed by atoms with Crippen LogP contribution in [0.5, 0.6) is 0 Å². The summed E-state index contributed by atoms with van der Waals surface area (Å²) >= 11 is 1.74. The molecule has 9 nitrogen and oxygen atoms in total. The first-order chi connectivity index (χ1) is 17.2. The number of aryl methyl sites for hydroxylation is 1. The average molecular weight is 491 g/mol. The molecule has 2 aliphatic heterocycles. The number of likely N-dealkylation sites (tertiary alicyclic amines) is 1. The van der Waals surface area contributed by atoms with E-state index in [0.717, 1.165) is 85.6 Å². The van der Waals surface area contributed by atoms with E-state index in [9.17, 15) is 4.79 Å². The zero-order valence-corrected chi connectivity index (χ0v) is 20.8. The summed E-state index contributed by atoms with van der Waals surface area (Å²) in [5.41, 5.74) is 1.99. The number of nitrogens with zero attached hydrogens (tertiary/aromatic N) is 8. The molecule has 1 atom stereocenters. The smallest absolute Gasteiger partial charge is 0.236 e. The van der Waals surface area contributed by atoms with Gasteiger partial charge >= 0.3 is 0 Å². The van der Waals surface area contributed by atoms with E-state index < -0.39 is 0 Å². The zero-order valence-electron chi connectivity index (χ0n) is 20.0. The van der Waals surface area contributed by atoms with Gasteiger partial charge in [-0.05, 0) is 44.0 Å². The van der Waals surface area contributed by atoms with Crippen molar-refractivity contribution in [1.29, 1.82) is 0 Å². The van der Waals surface area contributed by atoms with Gasteiger partial charge in [-0.3, -0.25) is 9.69 Å². The number of para-hydroxylation sites is 1. The molecule has 0 aliphatic carbocycles. The maximum absolute atomic E-state index is 13.2. The average Bonchev–Trinajstić information content (AvgIpc) is 3.53. The van der Waals surface area contributed by atoms with Gasteiger partial charge in [-0.15, -0.1) is 16.4 Å². The maximum Gasteiger partial charge on any atom is 0.236 e. The maximum atomic E-state index is 13.2. The van der Waals surface area contributed by atoms with Gasteiger partial charge in [-0.2, -0.15) is 0 Å². The number of rotatable bonds is 5. The summed E-state index contributed by atoms with van der Waals surface area (Å²) in [5, 5.41) is 9.87. The molecule has 2 aliphatic rings. The van der Waals surface area contributed by atoms with Crippen LogP contribution in [-0.4, -0.2) is 86.5 Å². The Hall–Kier alpha value is -3.11. The predicted octanol–water partition coefficient (Wildman–Crippen LogP) is 2.98. The minimum Gasteiger partial charge on any atom is -0.352 e. The van der Waals surface area contributed by atoms with E-state index in [2.05, 4.69) is 49.1 Å². The number of carbonyl (C=O) groups is 1. The molecule has 1 unspecified atom stereocenters. The molecule has 2 fully saturated rings. The summed E-state index contributed by atoms with van der Waals surface area (Å²) in [6.07, 6.45) is 4.79. The van der Waals surface area contributed by atoms with Crippen molar-refractivity contribution in [3.8, 4) is 0 Å². The number of piperazine rings is 1. The number of fused-ring (bicyclic) bond motifs is 2. The van der Waals surface area contributed by atoms with Crippen LogP contribution in [0, 0.1) is 0 Å². The first-order valence-corrected chi connectivity index (χ1v) is 13.3. The molecular weight excluding hydrogens is 460 g/mol. The second-order valence-electron chi connectivity index (χ2n) is 9.40. The molecule has 0 bridgehead atoms. The zero-order chi connectivity index (χ0) is 23.8. The van der Waals surface area contributed by atoms with Crippen LogP contribution in [0.2, 0.25) is 0 Å². The fourth-order valence-electron chi connectivity index (χ4n) is 5.31. The van der Waals surface area contributed by atoms with E-state index in [1.54, 1.807) is 17.7 Å². The SMILES string of the molecule is CCc1cc2c(N3CCN(C(=O)CN4CCCC(n5nnc6ccccc65)C4)CC3)ncnc2s1. The van der Waals surface area contributed by atoms with E-state index in [-0.39, 0.29) is 11.9 Å². The molecule has 0 N–H and O–H groups in total. The van der Waals surface area contributed by atoms with Crippen LogP contribution in [0.25, 0.3) is 21.3 Å². The second-order valence-corrected chi connectivity index (χ2v) is 10.5. The van der Waals surface area contributed by atoms with Crippen molar-refractivity contribution < 1.29 is 4.79 Å². The summed E-state index contributed by atoms with van der Waals surface area (Å²) in [6, 6.07) is 10.6. The van der Waals surface area contributed by atoms with E-state index in [4.69, 9.17) is 0 Å². The van der Waals surface area contributed by atoms with Crippen LogP contribution in [0.3, 0.4) is 0 Å². The first kappa shape index (κ1) is 22.4. The summed E-state index contributed by atoms with van der Waals surface area (Å²) in [6.45, 7) is 7.44. The number of amides is 1. The summed E-state index contributed by atoms with van der Waals surface area (Å²) in [5.74, 6) is 1.21. The molecule has 1 aromatic carbocycles. The van der Waals surface area contributed by atoms with Crippen LogP contribution in [-0.2, 0) is 11.2 Å². The third-order valence-corrected chi connectivity index (χ3v) is 8.39. The van der Waals surface area contributed by atoms with Gasteiger partial charge in [0.15, 0.2) is 0 Å². The van der Waals surface area contributed by atoms with Crippen LogP contribution in [0.4, 0.5) is 5.82 Å². The lowest BCUT2D eigenvalue weighted by Gasteiger charge is -2.38. The van der Waals surface area contributed by atoms with Crippen LogP contribution >= 0.6 is 11.3 Å². The lowest BCUT2D eigenvalue weighted by atomic mass is 10.1. The van der Waals surface area contributed by atoms with Gasteiger partial charge in [0.2, 0.25) is 5.91 Å². The molecule has 4 aromatic rings. The van der Waals surface area contributed by atoms with Gasteiger partial charge in [-0.25, -0.2) is 14.6 Å². The predicted molar refractivity (Wildman–Crippen MR) is 138 cm³/mol. The number of benzene rings is 1. The molecule has 0 saturated carbocycles. The molecule has 182 valence electrons. The molecule has 1 amide bonds. The Morgan fingerprint density at radius 1 is 1.11 bits per heavy atom. The molecule has 0 radical (unpaired) electrons. The summed E-state index contributed by atoms with van der Waals surface area (Å²) < 4.78 is 2.04. The highest BCUT2D eigenvalue weighted by Gasteiger charge is 2.28. The molecule has 6 rings (SSSR count). The Balaban J connectivity index is 1.07. The molecule has 2 saturated heterocycles. The fourth-order valence-corrected chi connectivity index (χ4v) is 6.24. The molecule has 10 heteroatoms. The first-order valence-electron chi connectivity index (χ1n) is 12.5. The van der Waals surface area contributed by atoms with Crippen LogP contribution in [0.15, 0.2) is 36.7 Å². The third kappa shape index (κ3) is 4.36. The monoisotopic (exact) mass is 490 g/mol. The van der Waals surface area contributed by atoms with Crippen molar-refractivity contribution >= 4 is 44.3 Å². The molecule has 3 aromatic heterocycles. The molecule has 0 spiro atoms. The van der Waals surface area contributed by atoms with Crippen molar-refractivity contribution in [3.63, 3.8) is 0 Å². The number of hydrogen-bond acceptors (Lipinski definition) is 8. The Kier molecular flexibility index (Phi) is 6.07. The lowest BCUT2D eigenvalue weighted by Crippen LogP contribution is -2.52. The lowest BCUT2D eigenvalue weighted by molar-refractivity contribution is -0.133. The number of thiophene rings is 1. The Bertz CT molecular complexity index is 1340. The normalized spacial score (nSPS) is 19.6. The summed E-state index contributed by atoms with van der Waals surface area (Å²) in [4.78, 5) is 31.2. The van der Waals surface area contributed by atoms with Gasteiger partial charge in [0.05, 0.1) is 23.5 Å². The highest BCUT2D eigenvalue weighted by molar-refractivity contribution is 7.18. The molecule has 5 heterocycles. The van der Waals surface area contributed by atoms with E-state index >= 15 is 0 Å². The number of anilines is 1. The molecule has 35 heavy (non-hydrogen) atoms. The van der Waals surface area contributed by atoms with Crippen molar-refractivity contribution in [2.24, 2.45) is 0 Å². The van der Waals surface area contributed by atoms with Crippen molar-refractivity contribution in [2.45, 2.75) is 32.2 Å². The van der Waals surface area contributed by atoms with Crippen molar-refractivity contribution in [3.05, 3.63) is 41.5 Å². The van der Waals surface area contributed by atoms with E-state index in [1.807, 2.05) is 27.8 Å². The van der Waals surface area contributed by atoms with Crippen LogP contribution < -0.4 is 4.90 Å². The number of carbonyl (C=O) groups excluding carboxylic acids is 1. The number of hydrogen-bond donors (Lipinski definition) is 0. The Morgan fingerprint density at radius 2 is 1.97 bits per heavy atom.